The number of aromatic nitrogens is 1. The average Bonchev–Trinajstić information content (AvgIpc) is 3.50. The van der Waals surface area contributed by atoms with Gasteiger partial charge in [-0.3, -0.25) is 0 Å². The number of benzene rings is 2. The molecule has 0 bridgehead atoms. The Kier molecular flexibility index (Phi) is 6.29. The van der Waals surface area contributed by atoms with E-state index in [0.29, 0.717) is 11.4 Å². The number of carbonyl (C=O) groups excluding carboxylic acids is 1. The summed E-state index contributed by atoms with van der Waals surface area (Å²) in [5.41, 5.74) is 1.75. The average molecular weight is 456 g/mol. The number of hydrogen-bond acceptors (Lipinski definition) is 7. The van der Waals surface area contributed by atoms with Crippen molar-refractivity contribution in [1.82, 2.24) is 9.29 Å². The van der Waals surface area contributed by atoms with Gasteiger partial charge in [0, 0.05) is 32.7 Å². The highest BCUT2D eigenvalue weighted by Gasteiger charge is 2.25. The van der Waals surface area contributed by atoms with Crippen molar-refractivity contribution in [2.45, 2.75) is 24.3 Å². The third kappa shape index (κ3) is 4.53. The SMILES string of the molecule is CN(C)S(=O)(=O)c1ccc(N2CCCC2)c(C(=O)OCc2ncc(-c3ccccc3)o2)c1. The van der Waals surface area contributed by atoms with E-state index in [1.165, 1.54) is 26.2 Å². The Morgan fingerprint density at radius 3 is 2.53 bits per heavy atom. The summed E-state index contributed by atoms with van der Waals surface area (Å²) in [6.07, 6.45) is 3.62. The molecule has 2 aromatic carbocycles. The van der Waals surface area contributed by atoms with Gasteiger partial charge in [0.15, 0.2) is 12.4 Å². The number of esters is 1. The third-order valence-corrected chi connectivity index (χ3v) is 7.16. The van der Waals surface area contributed by atoms with E-state index in [1.807, 2.05) is 30.3 Å². The molecule has 0 spiro atoms. The number of nitrogens with zero attached hydrogens (tertiary/aromatic N) is 3. The molecule has 2 heterocycles. The van der Waals surface area contributed by atoms with Gasteiger partial charge in [-0.15, -0.1) is 0 Å². The summed E-state index contributed by atoms with van der Waals surface area (Å²) in [5, 5.41) is 0. The lowest BCUT2D eigenvalue weighted by Gasteiger charge is -2.22. The molecule has 1 aromatic heterocycles. The Morgan fingerprint density at radius 2 is 1.84 bits per heavy atom. The summed E-state index contributed by atoms with van der Waals surface area (Å²) in [6.45, 7) is 1.45. The second-order valence-corrected chi connectivity index (χ2v) is 9.87. The van der Waals surface area contributed by atoms with Gasteiger partial charge in [0.05, 0.1) is 22.3 Å². The minimum absolute atomic E-state index is 0.0416. The first-order valence-corrected chi connectivity index (χ1v) is 11.8. The highest BCUT2D eigenvalue weighted by atomic mass is 32.2. The van der Waals surface area contributed by atoms with E-state index in [9.17, 15) is 13.2 Å². The summed E-state index contributed by atoms with van der Waals surface area (Å²) in [5.74, 6) is 0.215. The van der Waals surface area contributed by atoms with E-state index < -0.39 is 16.0 Å². The van der Waals surface area contributed by atoms with Gasteiger partial charge in [-0.05, 0) is 31.0 Å². The molecule has 0 N–H and O–H groups in total. The lowest BCUT2D eigenvalue weighted by Crippen LogP contribution is -2.24. The number of rotatable bonds is 7. The zero-order valence-corrected chi connectivity index (χ0v) is 18.8. The summed E-state index contributed by atoms with van der Waals surface area (Å²) in [6, 6.07) is 14.1. The molecule has 0 amide bonds. The van der Waals surface area contributed by atoms with Crippen molar-refractivity contribution in [3.05, 3.63) is 66.2 Å². The van der Waals surface area contributed by atoms with Crippen molar-refractivity contribution in [1.29, 1.82) is 0 Å². The maximum atomic E-state index is 13.0. The van der Waals surface area contributed by atoms with E-state index >= 15 is 0 Å². The summed E-state index contributed by atoms with van der Waals surface area (Å²) in [7, 11) is -0.785. The molecule has 1 aliphatic heterocycles. The Balaban J connectivity index is 1.57. The highest BCUT2D eigenvalue weighted by Crippen LogP contribution is 2.29. The van der Waals surface area contributed by atoms with Crippen molar-refractivity contribution >= 4 is 21.7 Å². The minimum Gasteiger partial charge on any atom is -0.452 e. The summed E-state index contributed by atoms with van der Waals surface area (Å²) < 4.78 is 37.5. The van der Waals surface area contributed by atoms with Crippen LogP contribution in [0.25, 0.3) is 11.3 Å². The number of anilines is 1. The number of hydrogen-bond donors (Lipinski definition) is 0. The van der Waals surface area contributed by atoms with E-state index in [0.717, 1.165) is 35.8 Å². The quantitative estimate of drug-likeness (QED) is 0.503. The van der Waals surface area contributed by atoms with Crippen LogP contribution in [0.15, 0.2) is 64.0 Å². The van der Waals surface area contributed by atoms with Gasteiger partial charge in [0.1, 0.15) is 0 Å². The van der Waals surface area contributed by atoms with Crippen molar-refractivity contribution in [3.8, 4) is 11.3 Å². The van der Waals surface area contributed by atoms with Gasteiger partial charge >= 0.3 is 5.97 Å². The molecule has 1 aliphatic rings. The lowest BCUT2D eigenvalue weighted by molar-refractivity contribution is 0.0439. The first-order valence-electron chi connectivity index (χ1n) is 10.3. The van der Waals surface area contributed by atoms with Crippen LogP contribution < -0.4 is 4.90 Å². The monoisotopic (exact) mass is 455 g/mol. The molecule has 0 atom stereocenters. The Bertz CT molecular complexity index is 1200. The topological polar surface area (TPSA) is 93.0 Å². The molecule has 4 rings (SSSR count). The van der Waals surface area contributed by atoms with Crippen molar-refractivity contribution < 1.29 is 22.4 Å². The predicted octanol–water partition coefficient (Wildman–Crippen LogP) is 3.55. The Labute approximate surface area is 187 Å². The number of carbonyl (C=O) groups is 1. The molecular weight excluding hydrogens is 430 g/mol. The highest BCUT2D eigenvalue weighted by molar-refractivity contribution is 7.89. The fourth-order valence-corrected chi connectivity index (χ4v) is 4.53. The molecule has 1 saturated heterocycles. The largest absolute Gasteiger partial charge is 0.452 e. The van der Waals surface area contributed by atoms with E-state index in [2.05, 4.69) is 9.88 Å². The maximum absolute atomic E-state index is 13.0. The fourth-order valence-electron chi connectivity index (χ4n) is 3.60. The van der Waals surface area contributed by atoms with Crippen LogP contribution in [0.5, 0.6) is 0 Å². The summed E-state index contributed by atoms with van der Waals surface area (Å²) in [4.78, 5) is 19.3. The van der Waals surface area contributed by atoms with Crippen LogP contribution in [-0.2, 0) is 21.4 Å². The zero-order chi connectivity index (χ0) is 22.7. The molecule has 0 radical (unpaired) electrons. The first kappa shape index (κ1) is 22.0. The number of oxazole rings is 1. The van der Waals surface area contributed by atoms with Gasteiger partial charge < -0.3 is 14.1 Å². The van der Waals surface area contributed by atoms with Crippen LogP contribution in [-0.4, -0.2) is 50.9 Å². The molecule has 1 fully saturated rings. The van der Waals surface area contributed by atoms with Gasteiger partial charge in [-0.1, -0.05) is 30.3 Å². The molecule has 0 unspecified atom stereocenters. The van der Waals surface area contributed by atoms with Crippen LogP contribution in [0, 0.1) is 0 Å². The van der Waals surface area contributed by atoms with Crippen LogP contribution in [0.2, 0.25) is 0 Å². The van der Waals surface area contributed by atoms with Gasteiger partial charge in [-0.2, -0.15) is 0 Å². The smallest absolute Gasteiger partial charge is 0.340 e. The normalized spacial score (nSPS) is 14.2. The van der Waals surface area contributed by atoms with Crippen LogP contribution in [0.3, 0.4) is 0 Å². The summed E-state index contributed by atoms with van der Waals surface area (Å²) >= 11 is 0. The first-order chi connectivity index (χ1) is 15.4. The maximum Gasteiger partial charge on any atom is 0.340 e. The third-order valence-electron chi connectivity index (χ3n) is 5.35. The second kappa shape index (κ2) is 9.13. The number of sulfonamides is 1. The van der Waals surface area contributed by atoms with E-state index in [1.54, 1.807) is 12.3 Å². The molecule has 9 heteroatoms. The van der Waals surface area contributed by atoms with Gasteiger partial charge in [-0.25, -0.2) is 22.5 Å². The van der Waals surface area contributed by atoms with E-state index in [4.69, 9.17) is 9.15 Å². The van der Waals surface area contributed by atoms with Gasteiger partial charge in [0.2, 0.25) is 15.9 Å². The predicted molar refractivity (Wildman–Crippen MR) is 120 cm³/mol. The zero-order valence-electron chi connectivity index (χ0n) is 18.0. The fraction of sp³-hybridized carbons (Fsp3) is 0.304. The minimum atomic E-state index is -3.69. The van der Waals surface area contributed by atoms with Gasteiger partial charge in [0.25, 0.3) is 0 Å². The van der Waals surface area contributed by atoms with Crippen LogP contribution >= 0.6 is 0 Å². The van der Waals surface area contributed by atoms with Crippen molar-refractivity contribution in [3.63, 3.8) is 0 Å². The second-order valence-electron chi connectivity index (χ2n) is 7.72. The molecule has 8 nitrogen and oxygen atoms in total. The Morgan fingerprint density at radius 1 is 1.12 bits per heavy atom. The van der Waals surface area contributed by atoms with E-state index in [-0.39, 0.29) is 23.0 Å². The molecule has 0 saturated carbocycles. The van der Waals surface area contributed by atoms with Crippen LogP contribution in [0.4, 0.5) is 5.69 Å². The van der Waals surface area contributed by atoms with Crippen molar-refractivity contribution in [2.24, 2.45) is 0 Å². The molecule has 3 aromatic rings. The molecule has 0 aliphatic carbocycles. The standard InChI is InChI=1S/C23H25N3O5S/c1-25(2)32(28,29)18-10-11-20(26-12-6-7-13-26)19(14-18)23(27)30-16-22-24-15-21(31-22)17-8-4-3-5-9-17/h3-5,8-11,14-15H,6-7,12-13,16H2,1-2H3. The molecular formula is C23H25N3O5S. The van der Waals surface area contributed by atoms with Crippen LogP contribution in [0.1, 0.15) is 29.1 Å². The Hall–Kier alpha value is -3.17. The molecule has 32 heavy (non-hydrogen) atoms. The van der Waals surface area contributed by atoms with Crippen molar-refractivity contribution in [2.75, 3.05) is 32.1 Å². The number of ether oxygens (including phenoxy) is 1. The molecule has 168 valence electrons. The lowest BCUT2D eigenvalue weighted by atomic mass is 10.1.